The summed E-state index contributed by atoms with van der Waals surface area (Å²) < 4.78 is 0. The zero-order valence-electron chi connectivity index (χ0n) is 6.28. The summed E-state index contributed by atoms with van der Waals surface area (Å²) in [6.45, 7) is 0. The van der Waals surface area contributed by atoms with Crippen molar-refractivity contribution in [2.24, 2.45) is 10.8 Å². The molecule has 4 heteroatoms. The molecular weight excluding hydrogens is 140 g/mol. The predicted octanol–water partition coefficient (Wildman–Crippen LogP) is -0.0787. The van der Waals surface area contributed by atoms with Gasteiger partial charge in [-0.15, -0.1) is 0 Å². The second-order valence-corrected chi connectivity index (χ2v) is 1.96. The molecule has 0 radical (unpaired) electrons. The molecule has 3 N–H and O–H groups in total. The number of hydrogen-bond acceptors (Lipinski definition) is 3. The first-order valence-corrected chi connectivity index (χ1v) is 3.25. The standard InChI is InChI=1S/C7H10N4/c1-9-11-7(8)6-3-2-4-10-5-6/h2-5,9H,1H3,(H2,8,11). The topological polar surface area (TPSA) is 63.3 Å². The quantitative estimate of drug-likeness (QED) is 0.352. The lowest BCUT2D eigenvalue weighted by Crippen LogP contribution is -2.16. The van der Waals surface area contributed by atoms with Crippen LogP contribution in [0.4, 0.5) is 0 Å². The molecule has 0 saturated heterocycles. The maximum Gasteiger partial charge on any atom is 0.152 e. The van der Waals surface area contributed by atoms with Crippen LogP contribution in [-0.2, 0) is 0 Å². The molecule has 0 atom stereocenters. The molecule has 0 aliphatic rings. The molecule has 4 nitrogen and oxygen atoms in total. The molecule has 0 spiro atoms. The number of nitrogens with zero attached hydrogens (tertiary/aromatic N) is 2. The second-order valence-electron chi connectivity index (χ2n) is 1.96. The summed E-state index contributed by atoms with van der Waals surface area (Å²) in [6.07, 6.45) is 3.35. The normalized spacial score (nSPS) is 11.2. The van der Waals surface area contributed by atoms with Crippen molar-refractivity contribution < 1.29 is 0 Å². The molecule has 0 aliphatic heterocycles. The summed E-state index contributed by atoms with van der Waals surface area (Å²) in [6, 6.07) is 3.66. The summed E-state index contributed by atoms with van der Waals surface area (Å²) in [5, 5.41) is 3.80. The van der Waals surface area contributed by atoms with Crippen LogP contribution in [0.5, 0.6) is 0 Å². The van der Waals surface area contributed by atoms with E-state index in [1.807, 2.05) is 12.1 Å². The Kier molecular flexibility index (Phi) is 2.43. The Balaban J connectivity index is 2.85. The van der Waals surface area contributed by atoms with E-state index in [2.05, 4.69) is 15.5 Å². The van der Waals surface area contributed by atoms with Crippen molar-refractivity contribution in [2.45, 2.75) is 0 Å². The van der Waals surface area contributed by atoms with E-state index >= 15 is 0 Å². The number of aromatic nitrogens is 1. The van der Waals surface area contributed by atoms with Gasteiger partial charge in [-0.3, -0.25) is 4.98 Å². The number of rotatable bonds is 2. The number of nitrogens with one attached hydrogen (secondary N) is 1. The lowest BCUT2D eigenvalue weighted by molar-refractivity contribution is 0.897. The maximum atomic E-state index is 5.55. The van der Waals surface area contributed by atoms with Crippen LogP contribution in [0.3, 0.4) is 0 Å². The van der Waals surface area contributed by atoms with Gasteiger partial charge in [0.2, 0.25) is 0 Å². The van der Waals surface area contributed by atoms with Crippen molar-refractivity contribution in [1.82, 2.24) is 10.4 Å². The van der Waals surface area contributed by atoms with E-state index in [1.165, 1.54) is 0 Å². The molecule has 58 valence electrons. The molecular formula is C7H10N4. The van der Waals surface area contributed by atoms with Crippen LogP contribution in [0.15, 0.2) is 29.6 Å². The molecule has 0 fully saturated rings. The molecule has 11 heavy (non-hydrogen) atoms. The Morgan fingerprint density at radius 1 is 1.73 bits per heavy atom. The first-order valence-electron chi connectivity index (χ1n) is 3.25. The van der Waals surface area contributed by atoms with Gasteiger partial charge < -0.3 is 11.2 Å². The molecule has 0 saturated carbocycles. The van der Waals surface area contributed by atoms with Crippen LogP contribution < -0.4 is 11.2 Å². The monoisotopic (exact) mass is 150 g/mol. The molecule has 1 aromatic rings. The number of hydrogen-bond donors (Lipinski definition) is 2. The molecule has 1 rings (SSSR count). The van der Waals surface area contributed by atoms with Gasteiger partial charge in [0.15, 0.2) is 5.84 Å². The summed E-state index contributed by atoms with van der Waals surface area (Å²) in [5.74, 6) is 0.445. The fourth-order valence-corrected chi connectivity index (χ4v) is 0.699. The predicted molar refractivity (Wildman–Crippen MR) is 44.0 cm³/mol. The van der Waals surface area contributed by atoms with Crippen LogP contribution in [0.25, 0.3) is 0 Å². The molecule has 1 heterocycles. The average Bonchev–Trinajstić information content (AvgIpc) is 2.07. The van der Waals surface area contributed by atoms with Gasteiger partial charge in [-0.25, -0.2) is 0 Å². The summed E-state index contributed by atoms with van der Waals surface area (Å²) in [4.78, 5) is 3.90. The van der Waals surface area contributed by atoms with E-state index in [9.17, 15) is 0 Å². The van der Waals surface area contributed by atoms with E-state index in [-0.39, 0.29) is 0 Å². The highest BCUT2D eigenvalue weighted by Gasteiger charge is 1.94. The summed E-state index contributed by atoms with van der Waals surface area (Å²) >= 11 is 0. The SMILES string of the molecule is CN/N=C(\N)c1cccnc1. The summed E-state index contributed by atoms with van der Waals surface area (Å²) in [7, 11) is 1.70. The fraction of sp³-hybridized carbons (Fsp3) is 0.143. The van der Waals surface area contributed by atoms with E-state index < -0.39 is 0 Å². The third kappa shape index (κ3) is 1.93. The fourth-order valence-electron chi connectivity index (χ4n) is 0.699. The van der Waals surface area contributed by atoms with E-state index in [0.717, 1.165) is 5.56 Å². The zero-order valence-corrected chi connectivity index (χ0v) is 6.28. The molecule has 0 aliphatic carbocycles. The highest BCUT2D eigenvalue weighted by molar-refractivity contribution is 5.96. The number of hydrazone groups is 1. The van der Waals surface area contributed by atoms with Gasteiger partial charge in [-0.05, 0) is 12.1 Å². The minimum absolute atomic E-state index is 0.445. The van der Waals surface area contributed by atoms with Crippen LogP contribution in [0, 0.1) is 0 Å². The van der Waals surface area contributed by atoms with Crippen molar-refractivity contribution in [1.29, 1.82) is 0 Å². The minimum atomic E-state index is 0.445. The Morgan fingerprint density at radius 2 is 2.55 bits per heavy atom. The molecule has 1 aromatic heterocycles. The molecule has 0 amide bonds. The van der Waals surface area contributed by atoms with Crippen molar-refractivity contribution in [2.75, 3.05) is 7.05 Å². The van der Waals surface area contributed by atoms with Crippen molar-refractivity contribution in [3.05, 3.63) is 30.1 Å². The van der Waals surface area contributed by atoms with Crippen LogP contribution >= 0.6 is 0 Å². The average molecular weight is 150 g/mol. The summed E-state index contributed by atoms with van der Waals surface area (Å²) in [5.41, 5.74) is 8.98. The van der Waals surface area contributed by atoms with E-state index in [1.54, 1.807) is 19.4 Å². The van der Waals surface area contributed by atoms with Crippen LogP contribution in [0.1, 0.15) is 5.56 Å². The molecule has 0 aromatic carbocycles. The Hall–Kier alpha value is -1.58. The smallest absolute Gasteiger partial charge is 0.152 e. The first-order chi connectivity index (χ1) is 5.34. The van der Waals surface area contributed by atoms with Gasteiger partial charge >= 0.3 is 0 Å². The molecule has 0 bridgehead atoms. The number of amidine groups is 1. The van der Waals surface area contributed by atoms with Crippen LogP contribution in [0.2, 0.25) is 0 Å². The lowest BCUT2D eigenvalue weighted by Gasteiger charge is -1.97. The maximum absolute atomic E-state index is 5.55. The van der Waals surface area contributed by atoms with Gasteiger partial charge in [0.1, 0.15) is 0 Å². The van der Waals surface area contributed by atoms with E-state index in [0.29, 0.717) is 5.84 Å². The zero-order chi connectivity index (χ0) is 8.10. The van der Waals surface area contributed by atoms with E-state index in [4.69, 9.17) is 5.73 Å². The Morgan fingerprint density at radius 3 is 3.09 bits per heavy atom. The third-order valence-corrected chi connectivity index (χ3v) is 1.19. The third-order valence-electron chi connectivity index (χ3n) is 1.19. The van der Waals surface area contributed by atoms with Crippen LogP contribution in [-0.4, -0.2) is 17.9 Å². The lowest BCUT2D eigenvalue weighted by atomic mass is 10.3. The Bertz CT molecular complexity index is 242. The first kappa shape index (κ1) is 7.53. The van der Waals surface area contributed by atoms with Gasteiger partial charge in [0.25, 0.3) is 0 Å². The number of nitrogens with two attached hydrogens (primary N) is 1. The number of pyridine rings is 1. The van der Waals surface area contributed by atoms with Gasteiger partial charge in [-0.1, -0.05) is 0 Å². The molecule has 0 unspecified atom stereocenters. The van der Waals surface area contributed by atoms with Crippen molar-refractivity contribution in [3.63, 3.8) is 0 Å². The van der Waals surface area contributed by atoms with Crippen molar-refractivity contribution >= 4 is 5.84 Å². The van der Waals surface area contributed by atoms with Crippen molar-refractivity contribution in [3.8, 4) is 0 Å². The largest absolute Gasteiger partial charge is 0.382 e. The van der Waals surface area contributed by atoms with Gasteiger partial charge in [-0.2, -0.15) is 5.10 Å². The van der Waals surface area contributed by atoms with Gasteiger partial charge in [0, 0.05) is 25.0 Å². The second kappa shape index (κ2) is 3.55. The van der Waals surface area contributed by atoms with Gasteiger partial charge in [0.05, 0.1) is 0 Å². The Labute approximate surface area is 65.1 Å². The minimum Gasteiger partial charge on any atom is -0.382 e. The highest BCUT2D eigenvalue weighted by atomic mass is 15.3. The highest BCUT2D eigenvalue weighted by Crippen LogP contribution is 1.93.